The Morgan fingerprint density at radius 3 is 2.17 bits per heavy atom. The molecule has 2 N–H and O–H groups in total. The van der Waals surface area contributed by atoms with Gasteiger partial charge in [0.1, 0.15) is 0 Å². The number of nitrogens with one attached hydrogen (secondary N) is 2. The highest BCUT2D eigenvalue weighted by atomic mass is 32.2. The van der Waals surface area contributed by atoms with E-state index in [1.165, 1.54) is 7.05 Å². The zero-order valence-electron chi connectivity index (χ0n) is 16.3. The summed E-state index contributed by atoms with van der Waals surface area (Å²) in [6, 6.07) is 19.6. The van der Waals surface area contributed by atoms with Gasteiger partial charge in [-0.1, -0.05) is 54.6 Å². The van der Waals surface area contributed by atoms with Crippen molar-refractivity contribution in [2.45, 2.75) is 12.3 Å². The summed E-state index contributed by atoms with van der Waals surface area (Å²) in [5, 5.41) is 2.84. The predicted octanol–water partition coefficient (Wildman–Crippen LogP) is 2.88. The molecule has 6 nitrogen and oxygen atoms in total. The molecule has 0 heterocycles. The maximum Gasteiger partial charge on any atom is 0.251 e. The highest BCUT2D eigenvalue weighted by Crippen LogP contribution is 2.36. The lowest BCUT2D eigenvalue weighted by Crippen LogP contribution is -2.23. The van der Waals surface area contributed by atoms with Crippen LogP contribution in [0, 0.1) is 0 Å². The highest BCUT2D eigenvalue weighted by Gasteiger charge is 2.26. The summed E-state index contributed by atoms with van der Waals surface area (Å²) < 4.78 is 25.5. The molecule has 0 bridgehead atoms. The number of benzene rings is 3. The van der Waals surface area contributed by atoms with E-state index in [1.807, 2.05) is 24.3 Å². The van der Waals surface area contributed by atoms with E-state index < -0.39 is 10.0 Å². The van der Waals surface area contributed by atoms with Crippen molar-refractivity contribution in [1.82, 2.24) is 10.0 Å². The molecule has 0 atom stereocenters. The Balaban J connectivity index is 1.44. The molecule has 1 aliphatic carbocycles. The van der Waals surface area contributed by atoms with Crippen LogP contribution in [0.3, 0.4) is 0 Å². The summed E-state index contributed by atoms with van der Waals surface area (Å²) in [4.78, 5) is 25.2. The van der Waals surface area contributed by atoms with Crippen molar-refractivity contribution in [2.24, 2.45) is 0 Å². The molecule has 3 aromatic carbocycles. The molecule has 152 valence electrons. The first-order valence-corrected chi connectivity index (χ1v) is 11.1. The maximum atomic E-state index is 12.6. The Labute approximate surface area is 175 Å². The minimum atomic E-state index is -3.32. The maximum absolute atomic E-state index is 12.6. The summed E-state index contributed by atoms with van der Waals surface area (Å²) in [5.41, 5.74) is 4.87. The van der Waals surface area contributed by atoms with Crippen molar-refractivity contribution < 1.29 is 18.0 Å². The molecule has 0 unspecified atom stereocenters. The van der Waals surface area contributed by atoms with Crippen LogP contribution in [0.1, 0.15) is 37.4 Å². The Morgan fingerprint density at radius 2 is 1.47 bits per heavy atom. The number of carbonyl (C=O) groups is 2. The Hall–Kier alpha value is -3.29. The standard InChI is InChI=1S/C23H20N2O4S/c1-24-30(28,29)14-16-8-6-15(7-9-16)13-25-23(27)17-10-11-19-18-4-2-3-5-20(18)22(26)21(19)12-17/h2-12,24H,13-14H2,1H3,(H,25,27). The third-order valence-corrected chi connectivity index (χ3v) is 6.47. The average Bonchev–Trinajstić information content (AvgIpc) is 3.05. The lowest BCUT2D eigenvalue weighted by Gasteiger charge is -2.08. The summed E-state index contributed by atoms with van der Waals surface area (Å²) in [6.07, 6.45) is 0. The van der Waals surface area contributed by atoms with E-state index >= 15 is 0 Å². The van der Waals surface area contributed by atoms with Gasteiger partial charge in [0.2, 0.25) is 10.0 Å². The SMILES string of the molecule is CNS(=O)(=O)Cc1ccc(CNC(=O)c2ccc3c(c2)C(=O)c2ccccc2-3)cc1. The zero-order chi connectivity index (χ0) is 21.3. The summed E-state index contributed by atoms with van der Waals surface area (Å²) >= 11 is 0. The van der Waals surface area contributed by atoms with E-state index in [-0.39, 0.29) is 17.4 Å². The topological polar surface area (TPSA) is 92.3 Å². The molecule has 0 saturated heterocycles. The summed E-state index contributed by atoms with van der Waals surface area (Å²) in [6.45, 7) is 0.295. The highest BCUT2D eigenvalue weighted by molar-refractivity contribution is 7.88. The van der Waals surface area contributed by atoms with Gasteiger partial charge in [-0.05, 0) is 41.4 Å². The van der Waals surface area contributed by atoms with Crippen LogP contribution in [-0.2, 0) is 22.3 Å². The molecule has 0 saturated carbocycles. The molecule has 4 rings (SSSR count). The smallest absolute Gasteiger partial charge is 0.251 e. The molecule has 0 spiro atoms. The number of rotatable bonds is 6. The van der Waals surface area contributed by atoms with Crippen LogP contribution in [0.15, 0.2) is 66.7 Å². The second kappa shape index (κ2) is 7.85. The van der Waals surface area contributed by atoms with Crippen LogP contribution in [-0.4, -0.2) is 27.2 Å². The van der Waals surface area contributed by atoms with Crippen molar-refractivity contribution in [3.8, 4) is 11.1 Å². The molecule has 1 aliphatic rings. The molecule has 0 aromatic heterocycles. The molecular formula is C23H20N2O4S. The fourth-order valence-corrected chi connectivity index (χ4v) is 4.27. The number of carbonyl (C=O) groups excluding carboxylic acids is 2. The Bertz CT molecular complexity index is 1250. The lowest BCUT2D eigenvalue weighted by molar-refractivity contribution is 0.0951. The summed E-state index contributed by atoms with van der Waals surface area (Å²) in [5.74, 6) is -0.437. The third kappa shape index (κ3) is 3.90. The molecule has 0 aliphatic heterocycles. The Morgan fingerprint density at radius 1 is 0.833 bits per heavy atom. The van der Waals surface area contributed by atoms with Gasteiger partial charge in [0.25, 0.3) is 5.91 Å². The van der Waals surface area contributed by atoms with E-state index in [0.717, 1.165) is 16.7 Å². The van der Waals surface area contributed by atoms with Crippen LogP contribution in [0.4, 0.5) is 0 Å². The third-order valence-electron chi connectivity index (χ3n) is 5.13. The lowest BCUT2D eigenvalue weighted by atomic mass is 10.0. The van der Waals surface area contributed by atoms with Crippen LogP contribution in [0.25, 0.3) is 11.1 Å². The average molecular weight is 420 g/mol. The number of amides is 1. The predicted molar refractivity (Wildman–Crippen MR) is 115 cm³/mol. The molecular weight excluding hydrogens is 400 g/mol. The second-order valence-electron chi connectivity index (χ2n) is 7.10. The van der Waals surface area contributed by atoms with Crippen molar-refractivity contribution in [2.75, 3.05) is 7.05 Å². The fourth-order valence-electron chi connectivity index (χ4n) is 3.50. The molecule has 7 heteroatoms. The summed E-state index contributed by atoms with van der Waals surface area (Å²) in [7, 11) is -1.94. The van der Waals surface area contributed by atoms with E-state index in [9.17, 15) is 18.0 Å². The number of hydrogen-bond donors (Lipinski definition) is 2. The number of ketones is 1. The molecule has 30 heavy (non-hydrogen) atoms. The molecule has 1 amide bonds. The number of sulfonamides is 1. The van der Waals surface area contributed by atoms with Crippen LogP contribution >= 0.6 is 0 Å². The van der Waals surface area contributed by atoms with Gasteiger partial charge in [0, 0.05) is 23.2 Å². The van der Waals surface area contributed by atoms with Crippen molar-refractivity contribution in [3.63, 3.8) is 0 Å². The minimum absolute atomic E-state index is 0.0673. The van der Waals surface area contributed by atoms with Crippen molar-refractivity contribution in [1.29, 1.82) is 0 Å². The monoisotopic (exact) mass is 420 g/mol. The van der Waals surface area contributed by atoms with Gasteiger partial charge in [0.05, 0.1) is 5.75 Å². The zero-order valence-corrected chi connectivity index (χ0v) is 17.1. The second-order valence-corrected chi connectivity index (χ2v) is 9.02. The van der Waals surface area contributed by atoms with Crippen LogP contribution < -0.4 is 10.0 Å². The molecule has 3 aromatic rings. The fraction of sp³-hybridized carbons (Fsp3) is 0.130. The quantitative estimate of drug-likeness (QED) is 0.502. The normalized spacial score (nSPS) is 12.4. The van der Waals surface area contributed by atoms with Gasteiger partial charge in [-0.15, -0.1) is 0 Å². The van der Waals surface area contributed by atoms with Gasteiger partial charge >= 0.3 is 0 Å². The van der Waals surface area contributed by atoms with Crippen LogP contribution in [0.5, 0.6) is 0 Å². The molecule has 0 radical (unpaired) electrons. The van der Waals surface area contributed by atoms with Gasteiger partial charge in [-0.3, -0.25) is 9.59 Å². The first-order valence-electron chi connectivity index (χ1n) is 9.43. The van der Waals surface area contributed by atoms with Crippen molar-refractivity contribution >= 4 is 21.7 Å². The molecule has 0 fully saturated rings. The first kappa shape index (κ1) is 20.0. The van der Waals surface area contributed by atoms with Crippen molar-refractivity contribution in [3.05, 3.63) is 94.5 Å². The van der Waals surface area contributed by atoms with E-state index in [2.05, 4.69) is 10.0 Å². The largest absolute Gasteiger partial charge is 0.348 e. The number of fused-ring (bicyclic) bond motifs is 3. The first-order chi connectivity index (χ1) is 14.4. The van der Waals surface area contributed by atoms with Gasteiger partial charge in [0.15, 0.2) is 5.78 Å². The van der Waals surface area contributed by atoms with E-state index in [1.54, 1.807) is 42.5 Å². The van der Waals surface area contributed by atoms with Gasteiger partial charge in [-0.25, -0.2) is 13.1 Å². The van der Waals surface area contributed by atoms with E-state index in [0.29, 0.717) is 28.8 Å². The van der Waals surface area contributed by atoms with Gasteiger partial charge in [-0.2, -0.15) is 0 Å². The number of hydrogen-bond acceptors (Lipinski definition) is 4. The van der Waals surface area contributed by atoms with Crippen LogP contribution in [0.2, 0.25) is 0 Å². The van der Waals surface area contributed by atoms with E-state index in [4.69, 9.17) is 0 Å². The Kier molecular flexibility index (Phi) is 5.24. The van der Waals surface area contributed by atoms with Gasteiger partial charge < -0.3 is 5.32 Å². The minimum Gasteiger partial charge on any atom is -0.348 e.